The van der Waals surface area contributed by atoms with Gasteiger partial charge < -0.3 is 15.1 Å². The average molecular weight is 378 g/mol. The Morgan fingerprint density at radius 2 is 1.89 bits per heavy atom. The largest absolute Gasteiger partial charge is 0.394 e. The fourth-order valence-corrected chi connectivity index (χ4v) is 5.10. The molecule has 1 aliphatic carbocycles. The maximum absolute atomic E-state index is 13.4. The molecule has 0 bridgehead atoms. The van der Waals surface area contributed by atoms with Crippen LogP contribution in [0.5, 0.6) is 0 Å². The molecule has 3 rings (SSSR count). The normalized spacial score (nSPS) is 26.8. The number of benzene rings is 1. The molecular formula is C22H32FNO3. The summed E-state index contributed by atoms with van der Waals surface area (Å²) in [4.78, 5) is 15.1. The monoisotopic (exact) mass is 377 g/mol. The molecule has 1 saturated heterocycles. The van der Waals surface area contributed by atoms with Crippen molar-refractivity contribution in [2.45, 2.75) is 75.9 Å². The van der Waals surface area contributed by atoms with Crippen LogP contribution in [-0.2, 0) is 10.2 Å². The van der Waals surface area contributed by atoms with Gasteiger partial charge in [-0.1, -0.05) is 31.4 Å². The van der Waals surface area contributed by atoms with Crippen LogP contribution in [0.15, 0.2) is 24.3 Å². The topological polar surface area (TPSA) is 60.8 Å². The van der Waals surface area contributed by atoms with E-state index in [2.05, 4.69) is 6.92 Å². The van der Waals surface area contributed by atoms with E-state index in [1.807, 2.05) is 4.90 Å². The average Bonchev–Trinajstić information content (AvgIpc) is 2.68. The summed E-state index contributed by atoms with van der Waals surface area (Å²) in [5.41, 5.74) is 0.324. The first kappa shape index (κ1) is 20.3. The van der Waals surface area contributed by atoms with Crippen molar-refractivity contribution in [3.05, 3.63) is 35.6 Å². The van der Waals surface area contributed by atoms with Gasteiger partial charge in [-0.2, -0.15) is 0 Å². The molecule has 4 nitrogen and oxygen atoms in total. The quantitative estimate of drug-likeness (QED) is 0.799. The van der Waals surface area contributed by atoms with Crippen LogP contribution in [0.3, 0.4) is 0 Å². The molecule has 27 heavy (non-hydrogen) atoms. The summed E-state index contributed by atoms with van der Waals surface area (Å²) in [5.74, 6) is 0.365. The Labute approximate surface area is 161 Å². The van der Waals surface area contributed by atoms with Crippen molar-refractivity contribution >= 4 is 5.91 Å². The number of piperidine rings is 1. The SMILES string of the molecule is C[C@H](C1CCCCC1)N1CC[C@@](C[C@H](O)CO)(c2ccc(F)cc2)CC1=O. The zero-order chi connectivity index (χ0) is 19.4. The second-order valence-corrected chi connectivity index (χ2v) is 8.48. The highest BCUT2D eigenvalue weighted by molar-refractivity contribution is 5.79. The van der Waals surface area contributed by atoms with Gasteiger partial charge in [0, 0.05) is 24.4 Å². The number of carbonyl (C=O) groups is 1. The van der Waals surface area contributed by atoms with Crippen molar-refractivity contribution in [2.24, 2.45) is 5.92 Å². The summed E-state index contributed by atoms with van der Waals surface area (Å²) in [6, 6.07) is 6.49. The van der Waals surface area contributed by atoms with Crippen LogP contribution >= 0.6 is 0 Å². The van der Waals surface area contributed by atoms with Gasteiger partial charge in [-0.15, -0.1) is 0 Å². The van der Waals surface area contributed by atoms with E-state index in [0.717, 1.165) is 12.0 Å². The third kappa shape index (κ3) is 4.52. The lowest BCUT2D eigenvalue weighted by atomic mass is 9.68. The summed E-state index contributed by atoms with van der Waals surface area (Å²) < 4.78 is 13.4. The smallest absolute Gasteiger partial charge is 0.223 e. The zero-order valence-corrected chi connectivity index (χ0v) is 16.2. The number of rotatable bonds is 6. The highest BCUT2D eigenvalue weighted by Crippen LogP contribution is 2.42. The molecule has 0 radical (unpaired) electrons. The lowest BCUT2D eigenvalue weighted by Gasteiger charge is -2.46. The minimum Gasteiger partial charge on any atom is -0.394 e. The van der Waals surface area contributed by atoms with Gasteiger partial charge in [0.2, 0.25) is 5.91 Å². The third-order valence-electron chi connectivity index (χ3n) is 6.76. The Bertz CT molecular complexity index is 629. The van der Waals surface area contributed by atoms with Gasteiger partial charge >= 0.3 is 0 Å². The molecule has 1 saturated carbocycles. The van der Waals surface area contributed by atoms with Crippen molar-refractivity contribution in [3.8, 4) is 0 Å². The predicted molar refractivity (Wildman–Crippen MR) is 103 cm³/mol. The first-order valence-electron chi connectivity index (χ1n) is 10.3. The molecule has 1 aromatic rings. The number of likely N-dealkylation sites (tertiary alicyclic amines) is 1. The van der Waals surface area contributed by atoms with Crippen LogP contribution < -0.4 is 0 Å². The minimum absolute atomic E-state index is 0.105. The van der Waals surface area contributed by atoms with E-state index >= 15 is 0 Å². The van der Waals surface area contributed by atoms with Gasteiger partial charge in [0.25, 0.3) is 0 Å². The van der Waals surface area contributed by atoms with Crippen LogP contribution in [0.4, 0.5) is 4.39 Å². The van der Waals surface area contributed by atoms with E-state index in [0.29, 0.717) is 25.3 Å². The molecule has 3 atom stereocenters. The van der Waals surface area contributed by atoms with Crippen molar-refractivity contribution in [3.63, 3.8) is 0 Å². The fourth-order valence-electron chi connectivity index (χ4n) is 5.10. The maximum Gasteiger partial charge on any atom is 0.223 e. The lowest BCUT2D eigenvalue weighted by molar-refractivity contribution is -0.140. The molecule has 0 aromatic heterocycles. The Kier molecular flexibility index (Phi) is 6.53. The van der Waals surface area contributed by atoms with Gasteiger partial charge in [0.05, 0.1) is 12.7 Å². The molecule has 2 fully saturated rings. The van der Waals surface area contributed by atoms with Crippen LogP contribution in [-0.4, -0.2) is 46.3 Å². The molecule has 150 valence electrons. The molecule has 1 heterocycles. The number of hydrogen-bond acceptors (Lipinski definition) is 3. The lowest BCUT2D eigenvalue weighted by Crippen LogP contribution is -2.52. The number of amides is 1. The molecule has 1 aromatic carbocycles. The van der Waals surface area contributed by atoms with E-state index in [9.17, 15) is 19.4 Å². The Morgan fingerprint density at radius 3 is 2.48 bits per heavy atom. The molecule has 0 spiro atoms. The molecule has 5 heteroatoms. The highest BCUT2D eigenvalue weighted by atomic mass is 19.1. The zero-order valence-electron chi connectivity index (χ0n) is 16.2. The van der Waals surface area contributed by atoms with E-state index in [-0.39, 0.29) is 24.4 Å². The summed E-state index contributed by atoms with van der Waals surface area (Å²) in [7, 11) is 0. The molecule has 1 amide bonds. The van der Waals surface area contributed by atoms with Gasteiger partial charge in [-0.3, -0.25) is 4.79 Å². The van der Waals surface area contributed by atoms with Crippen LogP contribution in [0.25, 0.3) is 0 Å². The number of halogens is 1. The molecule has 1 aliphatic heterocycles. The number of aliphatic hydroxyl groups excluding tert-OH is 2. The predicted octanol–water partition coefficient (Wildman–Crippen LogP) is 3.40. The molecular weight excluding hydrogens is 345 g/mol. The minimum atomic E-state index is -0.884. The van der Waals surface area contributed by atoms with Crippen molar-refractivity contribution in [2.75, 3.05) is 13.2 Å². The first-order chi connectivity index (χ1) is 12.9. The summed E-state index contributed by atoms with van der Waals surface area (Å²) in [6.07, 6.45) is 6.62. The van der Waals surface area contributed by atoms with Crippen molar-refractivity contribution in [1.82, 2.24) is 4.90 Å². The standard InChI is InChI=1S/C22H32FNO3/c1-16(17-5-3-2-4-6-17)24-12-11-22(14-21(24)27,13-20(26)15-25)18-7-9-19(23)10-8-18/h7-10,16-17,20,25-26H,2-6,11-15H2,1H3/t16-,20+,22+/m1/s1. The number of aliphatic hydroxyl groups is 2. The Balaban J connectivity index is 1.79. The fraction of sp³-hybridized carbons (Fsp3) is 0.682. The van der Waals surface area contributed by atoms with E-state index in [1.165, 1.54) is 44.2 Å². The van der Waals surface area contributed by atoms with Crippen molar-refractivity contribution in [1.29, 1.82) is 0 Å². The second-order valence-electron chi connectivity index (χ2n) is 8.48. The van der Waals surface area contributed by atoms with Crippen LogP contribution in [0, 0.1) is 11.7 Å². The maximum atomic E-state index is 13.4. The van der Waals surface area contributed by atoms with E-state index in [4.69, 9.17) is 0 Å². The molecule has 2 aliphatic rings. The third-order valence-corrected chi connectivity index (χ3v) is 6.76. The number of nitrogens with zero attached hydrogens (tertiary/aromatic N) is 1. The van der Waals surface area contributed by atoms with E-state index in [1.54, 1.807) is 12.1 Å². The number of hydrogen-bond donors (Lipinski definition) is 2. The summed E-state index contributed by atoms with van der Waals surface area (Å²) >= 11 is 0. The van der Waals surface area contributed by atoms with Gasteiger partial charge in [-0.25, -0.2) is 4.39 Å². The van der Waals surface area contributed by atoms with Gasteiger partial charge in [0.15, 0.2) is 0 Å². The van der Waals surface area contributed by atoms with E-state index < -0.39 is 11.5 Å². The molecule has 0 unspecified atom stereocenters. The summed E-state index contributed by atoms with van der Waals surface area (Å²) in [5, 5.41) is 19.4. The number of carbonyl (C=O) groups excluding carboxylic acids is 1. The Morgan fingerprint density at radius 1 is 1.22 bits per heavy atom. The van der Waals surface area contributed by atoms with Crippen molar-refractivity contribution < 1.29 is 19.4 Å². The highest BCUT2D eigenvalue weighted by Gasteiger charge is 2.43. The van der Waals surface area contributed by atoms with Gasteiger partial charge in [-0.05, 0) is 56.2 Å². The Hall–Kier alpha value is -1.46. The van der Waals surface area contributed by atoms with Gasteiger partial charge in [0.1, 0.15) is 5.82 Å². The summed E-state index contributed by atoms with van der Waals surface area (Å²) in [6.45, 7) is 2.48. The second kappa shape index (κ2) is 8.70. The van der Waals surface area contributed by atoms with Crippen LogP contribution in [0.2, 0.25) is 0 Å². The molecule has 2 N–H and O–H groups in total. The van der Waals surface area contributed by atoms with Crippen LogP contribution in [0.1, 0.15) is 63.9 Å². The first-order valence-corrected chi connectivity index (χ1v) is 10.3.